The van der Waals surface area contributed by atoms with E-state index in [1.54, 1.807) is 0 Å². The minimum Gasteiger partial charge on any atom is -0.462 e. The molecule has 0 aromatic carbocycles. The van der Waals surface area contributed by atoms with E-state index in [2.05, 4.69) is 41.5 Å². The van der Waals surface area contributed by atoms with Gasteiger partial charge in [-0.3, -0.25) is 37.3 Å². The van der Waals surface area contributed by atoms with Crippen LogP contribution in [-0.2, 0) is 65.4 Å². The van der Waals surface area contributed by atoms with Gasteiger partial charge in [0.25, 0.3) is 0 Å². The van der Waals surface area contributed by atoms with E-state index in [1.807, 2.05) is 0 Å². The van der Waals surface area contributed by atoms with Gasteiger partial charge in [-0.05, 0) is 37.5 Å². The largest absolute Gasteiger partial charge is 0.472 e. The molecule has 0 saturated heterocycles. The van der Waals surface area contributed by atoms with E-state index in [1.165, 1.54) is 283 Å². The molecule has 19 heteroatoms. The summed E-state index contributed by atoms with van der Waals surface area (Å²) in [6.07, 6.45) is 71.0. The van der Waals surface area contributed by atoms with Crippen molar-refractivity contribution in [3.8, 4) is 0 Å². The molecule has 0 aliphatic heterocycles. The summed E-state index contributed by atoms with van der Waals surface area (Å²) in [6.45, 7) is 9.68. The summed E-state index contributed by atoms with van der Waals surface area (Å²) in [5, 5.41) is 10.7. The smallest absolute Gasteiger partial charge is 0.462 e. The summed E-state index contributed by atoms with van der Waals surface area (Å²) in [5.74, 6) is -0.515. The van der Waals surface area contributed by atoms with E-state index in [0.717, 1.165) is 102 Å². The molecule has 0 aromatic rings. The summed E-state index contributed by atoms with van der Waals surface area (Å²) < 4.78 is 68.8. The van der Waals surface area contributed by atoms with Crippen molar-refractivity contribution in [2.24, 2.45) is 11.8 Å². The summed E-state index contributed by atoms with van der Waals surface area (Å²) in [7, 11) is -9.93. The van der Waals surface area contributed by atoms with Crippen LogP contribution in [0.1, 0.15) is 465 Å². The fourth-order valence-electron chi connectivity index (χ4n) is 13.6. The van der Waals surface area contributed by atoms with Gasteiger partial charge in [-0.1, -0.05) is 414 Å². The molecule has 0 rings (SSSR count). The van der Waals surface area contributed by atoms with Crippen molar-refractivity contribution >= 4 is 39.5 Å². The second kappa shape index (κ2) is 78.3. The Labute approximate surface area is 651 Å². The first-order valence-electron chi connectivity index (χ1n) is 45.0. The first-order chi connectivity index (χ1) is 51.4. The van der Waals surface area contributed by atoms with E-state index >= 15 is 0 Å². The molecule has 0 fully saturated rings. The van der Waals surface area contributed by atoms with Crippen LogP contribution in [0.3, 0.4) is 0 Å². The van der Waals surface area contributed by atoms with Gasteiger partial charge in [0.05, 0.1) is 26.4 Å². The van der Waals surface area contributed by atoms with Gasteiger partial charge in [-0.15, -0.1) is 0 Å². The van der Waals surface area contributed by atoms with Crippen LogP contribution >= 0.6 is 15.6 Å². The Bertz CT molecular complexity index is 2030. The lowest BCUT2D eigenvalue weighted by Crippen LogP contribution is -2.30. The highest BCUT2D eigenvalue weighted by Gasteiger charge is 2.30. The Morgan fingerprint density at radius 1 is 0.274 bits per heavy atom. The number of phosphoric ester groups is 2. The van der Waals surface area contributed by atoms with Crippen molar-refractivity contribution in [2.75, 3.05) is 39.6 Å². The topological polar surface area (TPSA) is 237 Å². The summed E-state index contributed by atoms with van der Waals surface area (Å²) in [5.41, 5.74) is 0. The standard InChI is InChI=1S/C87H170O17P2/c1-7-10-12-14-16-18-20-21-22-23-24-25-26-27-31-34-37-41-45-52-58-64-70-85(90)98-75-82(103-86(91)71-65-59-53-46-42-38-35-32-29-28-30-33-36-40-43-50-56-62-68-80(6)9-3)77-101-105(93,94)99-73-81(88)74-100-106(95,96)102-78-83(104-87(92)72-66-60-54-48-47-49-55-61-67-79(4)5)76-97-84(89)69-63-57-51-44-39-19-17-15-13-11-8-2/h79-83,88H,7-78H2,1-6H3,(H,93,94)(H,95,96)/t80?,81-,82-,83-/m1/s1. The molecular formula is C87H170O17P2. The Kier molecular flexibility index (Phi) is 76.9. The van der Waals surface area contributed by atoms with Gasteiger partial charge in [0.2, 0.25) is 0 Å². The highest BCUT2D eigenvalue weighted by atomic mass is 31.2. The molecule has 6 atom stereocenters. The number of carbonyl (C=O) groups excluding carboxylic acids is 4. The molecule has 0 bridgehead atoms. The van der Waals surface area contributed by atoms with E-state index in [4.69, 9.17) is 37.0 Å². The predicted octanol–water partition coefficient (Wildman–Crippen LogP) is 26.6. The molecule has 0 aliphatic carbocycles. The maximum Gasteiger partial charge on any atom is 0.472 e. The van der Waals surface area contributed by atoms with Gasteiger partial charge in [0.1, 0.15) is 19.3 Å². The van der Waals surface area contributed by atoms with Crippen molar-refractivity contribution in [1.82, 2.24) is 0 Å². The zero-order valence-corrected chi connectivity index (χ0v) is 71.5. The molecule has 0 aromatic heterocycles. The minimum absolute atomic E-state index is 0.105. The molecule has 0 heterocycles. The first kappa shape index (κ1) is 104. The lowest BCUT2D eigenvalue weighted by Gasteiger charge is -2.21. The number of hydrogen-bond acceptors (Lipinski definition) is 15. The van der Waals surface area contributed by atoms with E-state index in [0.29, 0.717) is 25.7 Å². The first-order valence-corrected chi connectivity index (χ1v) is 48.0. The summed E-state index contributed by atoms with van der Waals surface area (Å²) in [6, 6.07) is 0. The number of aliphatic hydroxyl groups excluding tert-OH is 1. The second-order valence-electron chi connectivity index (χ2n) is 32.0. The number of unbranched alkanes of at least 4 members (excludes halogenated alkanes) is 55. The number of aliphatic hydroxyl groups is 1. The van der Waals surface area contributed by atoms with Crippen LogP contribution in [0.4, 0.5) is 0 Å². The van der Waals surface area contributed by atoms with Crippen LogP contribution in [0.5, 0.6) is 0 Å². The Balaban J connectivity index is 5.18. The normalized spacial score (nSPS) is 14.1. The number of phosphoric acid groups is 2. The van der Waals surface area contributed by atoms with Crippen molar-refractivity contribution < 1.29 is 80.2 Å². The third-order valence-corrected chi connectivity index (χ3v) is 22.7. The predicted molar refractivity (Wildman–Crippen MR) is 437 cm³/mol. The van der Waals surface area contributed by atoms with E-state index < -0.39 is 97.5 Å². The number of esters is 4. The third-order valence-electron chi connectivity index (χ3n) is 20.8. The van der Waals surface area contributed by atoms with Gasteiger partial charge in [0.15, 0.2) is 12.2 Å². The number of carbonyl (C=O) groups is 4. The van der Waals surface area contributed by atoms with Crippen molar-refractivity contribution in [3.63, 3.8) is 0 Å². The summed E-state index contributed by atoms with van der Waals surface area (Å²) >= 11 is 0. The SMILES string of the molecule is CCCCCCCCCCCCCCCCCCCCCCCCC(=O)OC[C@H](COP(=O)(O)OC[C@@H](O)COP(=O)(O)OC[C@@H](COC(=O)CCCCCCCCCCCCC)OC(=O)CCCCCCCCCCC(C)C)OC(=O)CCCCCCCCCCCCCCCCCCCCC(C)CC. The third kappa shape index (κ3) is 78.7. The Hall–Kier alpha value is -1.94. The van der Waals surface area contributed by atoms with Crippen molar-refractivity contribution in [3.05, 3.63) is 0 Å². The van der Waals surface area contributed by atoms with Crippen LogP contribution < -0.4 is 0 Å². The monoisotopic (exact) mass is 1550 g/mol. The van der Waals surface area contributed by atoms with Gasteiger partial charge in [-0.25, -0.2) is 9.13 Å². The van der Waals surface area contributed by atoms with Crippen LogP contribution in [0.15, 0.2) is 0 Å². The number of ether oxygens (including phenoxy) is 4. The maximum atomic E-state index is 13.2. The zero-order valence-electron chi connectivity index (χ0n) is 69.7. The van der Waals surface area contributed by atoms with Crippen LogP contribution in [0, 0.1) is 11.8 Å². The molecule has 106 heavy (non-hydrogen) atoms. The molecule has 0 amide bonds. The van der Waals surface area contributed by atoms with Crippen molar-refractivity contribution in [2.45, 2.75) is 484 Å². The molecule has 630 valence electrons. The van der Waals surface area contributed by atoms with E-state index in [-0.39, 0.29) is 25.7 Å². The average molecular weight is 1550 g/mol. The second-order valence-corrected chi connectivity index (χ2v) is 34.9. The van der Waals surface area contributed by atoms with Crippen LogP contribution in [0.2, 0.25) is 0 Å². The molecule has 0 radical (unpaired) electrons. The van der Waals surface area contributed by atoms with Crippen molar-refractivity contribution in [1.29, 1.82) is 0 Å². The van der Waals surface area contributed by atoms with Gasteiger partial charge < -0.3 is 33.8 Å². The van der Waals surface area contributed by atoms with Gasteiger partial charge in [0, 0.05) is 25.7 Å². The number of rotatable bonds is 86. The quantitative estimate of drug-likeness (QED) is 0.0222. The lowest BCUT2D eigenvalue weighted by atomic mass is 9.99. The number of hydrogen-bond donors (Lipinski definition) is 3. The zero-order chi connectivity index (χ0) is 77.8. The molecule has 0 aliphatic rings. The molecule has 17 nitrogen and oxygen atoms in total. The summed E-state index contributed by atoms with van der Waals surface area (Å²) in [4.78, 5) is 73.2. The lowest BCUT2D eigenvalue weighted by molar-refractivity contribution is -0.161. The highest BCUT2D eigenvalue weighted by Crippen LogP contribution is 2.45. The average Bonchev–Trinajstić information content (AvgIpc) is 0.903. The molecule has 0 spiro atoms. The fraction of sp³-hybridized carbons (Fsp3) is 0.954. The highest BCUT2D eigenvalue weighted by molar-refractivity contribution is 7.47. The Morgan fingerprint density at radius 2 is 0.481 bits per heavy atom. The van der Waals surface area contributed by atoms with Gasteiger partial charge in [-0.2, -0.15) is 0 Å². The molecule has 3 unspecified atom stereocenters. The van der Waals surface area contributed by atoms with Gasteiger partial charge >= 0.3 is 39.5 Å². The van der Waals surface area contributed by atoms with Crippen LogP contribution in [-0.4, -0.2) is 96.7 Å². The van der Waals surface area contributed by atoms with E-state index in [9.17, 15) is 43.2 Å². The minimum atomic E-state index is -4.97. The molecule has 3 N–H and O–H groups in total. The maximum absolute atomic E-state index is 13.2. The Morgan fingerprint density at radius 3 is 0.717 bits per heavy atom. The molecule has 0 saturated carbocycles. The molecular weight excluding hydrogens is 1380 g/mol. The fourth-order valence-corrected chi connectivity index (χ4v) is 15.1. The van der Waals surface area contributed by atoms with Crippen LogP contribution in [0.25, 0.3) is 0 Å².